The first-order chi connectivity index (χ1) is 12.7. The summed E-state index contributed by atoms with van der Waals surface area (Å²) in [6.07, 6.45) is -3.73. The highest BCUT2D eigenvalue weighted by Gasteiger charge is 2.35. The molecule has 0 bridgehead atoms. The van der Waals surface area contributed by atoms with E-state index >= 15 is 0 Å². The van der Waals surface area contributed by atoms with Crippen LogP contribution < -0.4 is 4.74 Å². The molecule has 0 N–H and O–H groups in total. The summed E-state index contributed by atoms with van der Waals surface area (Å²) in [5.74, 6) is -2.32. The summed E-state index contributed by atoms with van der Waals surface area (Å²) < 4.78 is 54.7. The second-order valence-electron chi connectivity index (χ2n) is 5.79. The number of fused-ring (bicyclic) bond motifs is 1. The van der Waals surface area contributed by atoms with Crippen molar-refractivity contribution >= 4 is 11.8 Å². The maximum atomic E-state index is 14.2. The number of ether oxygens (including phenoxy) is 1. The van der Waals surface area contributed by atoms with Gasteiger partial charge in [0.05, 0.1) is 17.7 Å². The number of imide groups is 1. The molecule has 2 aromatic carbocycles. The summed E-state index contributed by atoms with van der Waals surface area (Å²) in [5, 5.41) is 0. The van der Waals surface area contributed by atoms with Crippen LogP contribution in [0.5, 0.6) is 5.75 Å². The van der Waals surface area contributed by atoms with Crippen LogP contribution in [0.3, 0.4) is 0 Å². The van der Waals surface area contributed by atoms with E-state index in [4.69, 9.17) is 0 Å². The third kappa shape index (κ3) is 4.33. The molecule has 0 spiro atoms. The molecule has 3 rings (SSSR count). The van der Waals surface area contributed by atoms with Gasteiger partial charge in [0.15, 0.2) is 0 Å². The number of carbonyl (C=O) groups is 2. The van der Waals surface area contributed by atoms with Crippen LogP contribution in [0.25, 0.3) is 0 Å². The number of hydrogen-bond acceptors (Lipinski definition) is 3. The Morgan fingerprint density at radius 1 is 1.00 bits per heavy atom. The topological polar surface area (TPSA) is 46.6 Å². The van der Waals surface area contributed by atoms with E-state index in [1.54, 1.807) is 12.1 Å². The molecule has 140 valence electrons. The first-order valence-electron chi connectivity index (χ1n) is 7.89. The molecule has 0 radical (unpaired) electrons. The molecule has 4 nitrogen and oxygen atoms in total. The van der Waals surface area contributed by atoms with Crippen LogP contribution >= 0.6 is 0 Å². The third-order valence-electron chi connectivity index (χ3n) is 3.88. The van der Waals surface area contributed by atoms with E-state index in [0.29, 0.717) is 5.56 Å². The van der Waals surface area contributed by atoms with E-state index in [9.17, 15) is 27.2 Å². The van der Waals surface area contributed by atoms with Crippen LogP contribution in [-0.4, -0.2) is 29.6 Å². The lowest BCUT2D eigenvalue weighted by Crippen LogP contribution is -2.31. The van der Waals surface area contributed by atoms with Crippen molar-refractivity contribution in [3.8, 4) is 5.75 Å². The molecule has 2 aromatic rings. The number of amides is 2. The lowest BCUT2D eigenvalue weighted by Gasteiger charge is -2.12. The Balaban J connectivity index is 1.67. The SMILES string of the molecule is O=C1c2ccccc2C(=O)N1CC(F)=CCc1cccc(OC(F)(F)F)c1. The maximum absolute atomic E-state index is 14.2. The van der Waals surface area contributed by atoms with E-state index < -0.39 is 36.3 Å². The van der Waals surface area contributed by atoms with Crippen LogP contribution in [0.2, 0.25) is 0 Å². The zero-order chi connectivity index (χ0) is 19.6. The number of alkyl halides is 3. The lowest BCUT2D eigenvalue weighted by molar-refractivity contribution is -0.274. The Hall–Kier alpha value is -3.16. The van der Waals surface area contributed by atoms with Crippen LogP contribution in [-0.2, 0) is 6.42 Å². The van der Waals surface area contributed by atoms with Crippen molar-refractivity contribution in [2.45, 2.75) is 12.8 Å². The van der Waals surface area contributed by atoms with Gasteiger partial charge in [0.2, 0.25) is 0 Å². The van der Waals surface area contributed by atoms with Gasteiger partial charge in [0.25, 0.3) is 11.8 Å². The highest BCUT2D eigenvalue weighted by molar-refractivity contribution is 6.21. The van der Waals surface area contributed by atoms with E-state index in [2.05, 4.69) is 4.74 Å². The third-order valence-corrected chi connectivity index (χ3v) is 3.88. The zero-order valence-electron chi connectivity index (χ0n) is 13.8. The predicted molar refractivity (Wildman–Crippen MR) is 87.8 cm³/mol. The van der Waals surface area contributed by atoms with Gasteiger partial charge in [-0.25, -0.2) is 4.39 Å². The summed E-state index contributed by atoms with van der Waals surface area (Å²) in [6.45, 7) is -0.537. The fourth-order valence-corrected chi connectivity index (χ4v) is 2.70. The quantitative estimate of drug-likeness (QED) is 0.576. The van der Waals surface area contributed by atoms with Crippen molar-refractivity contribution in [2.75, 3.05) is 6.54 Å². The molecule has 1 aliphatic rings. The fraction of sp³-hybridized carbons (Fsp3) is 0.158. The highest BCUT2D eigenvalue weighted by atomic mass is 19.4. The van der Waals surface area contributed by atoms with Crippen molar-refractivity contribution in [3.63, 3.8) is 0 Å². The fourth-order valence-electron chi connectivity index (χ4n) is 2.70. The maximum Gasteiger partial charge on any atom is 0.573 e. The average molecular weight is 379 g/mol. The number of carbonyl (C=O) groups excluding carboxylic acids is 2. The van der Waals surface area contributed by atoms with Crippen LogP contribution in [0.4, 0.5) is 17.6 Å². The van der Waals surface area contributed by atoms with Gasteiger partial charge < -0.3 is 4.74 Å². The van der Waals surface area contributed by atoms with E-state index in [0.717, 1.165) is 23.1 Å². The van der Waals surface area contributed by atoms with Crippen LogP contribution in [0.1, 0.15) is 26.3 Å². The summed E-state index contributed by atoms with van der Waals surface area (Å²) in [7, 11) is 0. The second-order valence-corrected chi connectivity index (χ2v) is 5.79. The normalized spacial score (nSPS) is 14.5. The Morgan fingerprint density at radius 3 is 2.22 bits per heavy atom. The highest BCUT2D eigenvalue weighted by Crippen LogP contribution is 2.25. The minimum Gasteiger partial charge on any atom is -0.406 e. The number of benzene rings is 2. The van der Waals surface area contributed by atoms with Gasteiger partial charge in [-0.3, -0.25) is 14.5 Å². The molecule has 1 aliphatic heterocycles. The molecular weight excluding hydrogens is 366 g/mol. The van der Waals surface area contributed by atoms with Crippen molar-refractivity contribution in [3.05, 3.63) is 77.1 Å². The Morgan fingerprint density at radius 2 is 1.63 bits per heavy atom. The molecular formula is C19H13F4NO3. The molecule has 27 heavy (non-hydrogen) atoms. The monoisotopic (exact) mass is 379 g/mol. The second kappa shape index (κ2) is 7.22. The van der Waals surface area contributed by atoms with Crippen LogP contribution in [0.15, 0.2) is 60.4 Å². The van der Waals surface area contributed by atoms with E-state index in [1.165, 1.54) is 24.3 Å². The molecule has 8 heteroatoms. The van der Waals surface area contributed by atoms with Gasteiger partial charge in [0, 0.05) is 0 Å². The summed E-state index contributed by atoms with van der Waals surface area (Å²) >= 11 is 0. The smallest absolute Gasteiger partial charge is 0.406 e. The standard InChI is InChI=1S/C19H13F4NO3/c20-13(9-8-12-4-3-5-14(10-12)27-19(21,22)23)11-24-17(25)15-6-1-2-7-16(15)18(24)26/h1-7,9-10H,8,11H2. The number of nitrogens with zero attached hydrogens (tertiary/aromatic N) is 1. The van der Waals surface area contributed by atoms with Crippen molar-refractivity contribution in [1.82, 2.24) is 4.90 Å². The van der Waals surface area contributed by atoms with Crippen molar-refractivity contribution in [1.29, 1.82) is 0 Å². The first-order valence-corrected chi connectivity index (χ1v) is 7.89. The molecule has 2 amide bonds. The van der Waals surface area contributed by atoms with Crippen molar-refractivity contribution < 1.29 is 31.9 Å². The van der Waals surface area contributed by atoms with Crippen molar-refractivity contribution in [2.24, 2.45) is 0 Å². The Kier molecular flexibility index (Phi) is 4.98. The molecule has 0 aliphatic carbocycles. The lowest BCUT2D eigenvalue weighted by atomic mass is 10.1. The molecule has 0 saturated heterocycles. The zero-order valence-corrected chi connectivity index (χ0v) is 13.8. The molecule has 0 unspecified atom stereocenters. The Bertz CT molecular complexity index is 886. The van der Waals surface area contributed by atoms with Gasteiger partial charge in [-0.2, -0.15) is 0 Å². The number of allylic oxidation sites excluding steroid dienone is 1. The molecule has 0 aromatic heterocycles. The summed E-state index contributed by atoms with van der Waals surface area (Å²) in [5.41, 5.74) is 0.814. The number of hydrogen-bond donors (Lipinski definition) is 0. The predicted octanol–water partition coefficient (Wildman–Crippen LogP) is 4.28. The largest absolute Gasteiger partial charge is 0.573 e. The van der Waals surface area contributed by atoms with E-state index in [-0.39, 0.29) is 17.5 Å². The minimum absolute atomic E-state index is 0.0238. The Labute approximate surface area is 151 Å². The average Bonchev–Trinajstić information content (AvgIpc) is 2.84. The first kappa shape index (κ1) is 18.6. The summed E-state index contributed by atoms with van der Waals surface area (Å²) in [4.78, 5) is 25.2. The molecule has 1 heterocycles. The molecule has 0 saturated carbocycles. The number of rotatable bonds is 5. The van der Waals surface area contributed by atoms with E-state index in [1.807, 2.05) is 0 Å². The number of halogens is 4. The van der Waals surface area contributed by atoms with Gasteiger partial charge in [0.1, 0.15) is 11.6 Å². The molecule has 0 atom stereocenters. The van der Waals surface area contributed by atoms with Gasteiger partial charge in [-0.15, -0.1) is 13.2 Å². The van der Waals surface area contributed by atoms with Gasteiger partial charge in [-0.05, 0) is 42.3 Å². The van der Waals surface area contributed by atoms with Gasteiger partial charge >= 0.3 is 6.36 Å². The minimum atomic E-state index is -4.81. The summed E-state index contributed by atoms with van der Waals surface area (Å²) in [6, 6.07) is 11.3. The van der Waals surface area contributed by atoms with Gasteiger partial charge in [-0.1, -0.05) is 24.3 Å². The van der Waals surface area contributed by atoms with Crippen LogP contribution in [0, 0.1) is 0 Å². The molecule has 0 fully saturated rings.